The first-order chi connectivity index (χ1) is 9.25. The summed E-state index contributed by atoms with van der Waals surface area (Å²) >= 11 is 0. The van der Waals surface area contributed by atoms with Gasteiger partial charge >= 0.3 is 12.1 Å². The van der Waals surface area contributed by atoms with Crippen molar-refractivity contribution in [2.45, 2.75) is 64.6 Å². The SMILES string of the molecule is CCCCCCn1nnc(C(F)(F)C(F)(F)F)c1CC. The predicted octanol–water partition coefficient (Wildman–Crippen LogP) is 4.07. The summed E-state index contributed by atoms with van der Waals surface area (Å²) in [4.78, 5) is 0. The van der Waals surface area contributed by atoms with Crippen LogP contribution in [0.4, 0.5) is 22.0 Å². The largest absolute Gasteiger partial charge is 0.459 e. The average molecular weight is 299 g/mol. The molecule has 0 atom stereocenters. The molecule has 0 radical (unpaired) electrons. The first kappa shape index (κ1) is 16.8. The van der Waals surface area contributed by atoms with Gasteiger partial charge in [0.15, 0.2) is 5.69 Å². The molecular formula is C12H18F5N3. The maximum Gasteiger partial charge on any atom is 0.459 e. The molecule has 0 aliphatic rings. The molecule has 1 aromatic heterocycles. The second-order valence-electron chi connectivity index (χ2n) is 4.59. The zero-order valence-electron chi connectivity index (χ0n) is 11.5. The Labute approximate surface area is 114 Å². The normalized spacial score (nSPS) is 12.9. The van der Waals surface area contributed by atoms with Gasteiger partial charge in [-0.2, -0.15) is 22.0 Å². The van der Waals surface area contributed by atoms with Crippen LogP contribution >= 0.6 is 0 Å². The van der Waals surface area contributed by atoms with E-state index in [1.54, 1.807) is 0 Å². The molecule has 1 aromatic rings. The number of unbranched alkanes of at least 4 members (excludes halogenated alkanes) is 3. The molecule has 0 saturated carbocycles. The van der Waals surface area contributed by atoms with E-state index >= 15 is 0 Å². The molecule has 0 aliphatic carbocycles. The molecule has 0 saturated heterocycles. The number of aromatic nitrogens is 3. The summed E-state index contributed by atoms with van der Waals surface area (Å²) in [6.45, 7) is 3.84. The van der Waals surface area contributed by atoms with Crippen molar-refractivity contribution in [1.82, 2.24) is 15.0 Å². The Morgan fingerprint density at radius 3 is 2.15 bits per heavy atom. The van der Waals surface area contributed by atoms with E-state index in [0.29, 0.717) is 13.0 Å². The highest BCUT2D eigenvalue weighted by molar-refractivity contribution is 5.18. The highest BCUT2D eigenvalue weighted by atomic mass is 19.4. The van der Waals surface area contributed by atoms with Crippen LogP contribution in [0.1, 0.15) is 50.9 Å². The van der Waals surface area contributed by atoms with Crippen molar-refractivity contribution in [2.24, 2.45) is 0 Å². The van der Waals surface area contributed by atoms with Crippen LogP contribution in [0.3, 0.4) is 0 Å². The zero-order chi connectivity index (χ0) is 15.4. The van der Waals surface area contributed by atoms with Crippen molar-refractivity contribution in [3.8, 4) is 0 Å². The molecule has 0 fully saturated rings. The van der Waals surface area contributed by atoms with Crippen molar-refractivity contribution in [1.29, 1.82) is 0 Å². The number of nitrogens with zero attached hydrogens (tertiary/aromatic N) is 3. The van der Waals surface area contributed by atoms with E-state index in [2.05, 4.69) is 10.3 Å². The van der Waals surface area contributed by atoms with Gasteiger partial charge in [0.25, 0.3) is 0 Å². The maximum atomic E-state index is 13.3. The lowest BCUT2D eigenvalue weighted by Gasteiger charge is -2.18. The summed E-state index contributed by atoms with van der Waals surface area (Å²) in [5, 5.41) is 6.52. The Morgan fingerprint density at radius 1 is 1.00 bits per heavy atom. The van der Waals surface area contributed by atoms with Crippen molar-refractivity contribution in [2.75, 3.05) is 0 Å². The smallest absolute Gasteiger partial charge is 0.249 e. The van der Waals surface area contributed by atoms with Gasteiger partial charge in [-0.3, -0.25) is 0 Å². The van der Waals surface area contributed by atoms with Gasteiger partial charge in [0.05, 0.1) is 5.69 Å². The minimum absolute atomic E-state index is 0.0295. The molecule has 3 nitrogen and oxygen atoms in total. The van der Waals surface area contributed by atoms with E-state index in [1.165, 1.54) is 6.92 Å². The quantitative estimate of drug-likeness (QED) is 0.561. The average Bonchev–Trinajstić information content (AvgIpc) is 2.76. The molecule has 0 spiro atoms. The van der Waals surface area contributed by atoms with Crippen LogP contribution in [0.5, 0.6) is 0 Å². The first-order valence-corrected chi connectivity index (χ1v) is 6.63. The van der Waals surface area contributed by atoms with Gasteiger partial charge < -0.3 is 0 Å². The highest BCUT2D eigenvalue weighted by Gasteiger charge is 2.61. The van der Waals surface area contributed by atoms with Crippen LogP contribution in [0.25, 0.3) is 0 Å². The van der Waals surface area contributed by atoms with E-state index in [0.717, 1.165) is 23.9 Å². The molecule has 0 bridgehead atoms. The third kappa shape index (κ3) is 3.46. The summed E-state index contributed by atoms with van der Waals surface area (Å²) in [5.74, 6) is -4.96. The predicted molar refractivity (Wildman–Crippen MR) is 63.5 cm³/mol. The first-order valence-electron chi connectivity index (χ1n) is 6.63. The molecule has 8 heteroatoms. The lowest BCUT2D eigenvalue weighted by atomic mass is 10.1. The minimum Gasteiger partial charge on any atom is -0.249 e. The minimum atomic E-state index is -5.65. The number of halogens is 5. The van der Waals surface area contributed by atoms with Gasteiger partial charge in [-0.25, -0.2) is 4.68 Å². The fourth-order valence-electron chi connectivity index (χ4n) is 1.93. The molecule has 1 rings (SSSR count). The molecule has 1 heterocycles. The van der Waals surface area contributed by atoms with Crippen LogP contribution in [0, 0.1) is 0 Å². The molecule has 0 aliphatic heterocycles. The molecule has 0 unspecified atom stereocenters. The van der Waals surface area contributed by atoms with E-state index in [9.17, 15) is 22.0 Å². The Bertz CT molecular complexity index is 425. The van der Waals surface area contributed by atoms with Gasteiger partial charge in [0, 0.05) is 6.54 Å². The number of hydrogen-bond donors (Lipinski definition) is 0. The topological polar surface area (TPSA) is 30.7 Å². The van der Waals surface area contributed by atoms with Crippen LogP contribution in [-0.2, 0) is 18.9 Å². The monoisotopic (exact) mass is 299 g/mol. The van der Waals surface area contributed by atoms with Gasteiger partial charge in [-0.1, -0.05) is 38.3 Å². The van der Waals surface area contributed by atoms with E-state index in [4.69, 9.17) is 0 Å². The van der Waals surface area contributed by atoms with Crippen LogP contribution < -0.4 is 0 Å². The lowest BCUT2D eigenvalue weighted by molar-refractivity contribution is -0.291. The molecule has 20 heavy (non-hydrogen) atoms. The standard InChI is InChI=1S/C12H18F5N3/c1-3-5-6-7-8-20-9(4-2)10(18-19-20)11(13,14)12(15,16)17/h3-8H2,1-2H3. The fraction of sp³-hybridized carbons (Fsp3) is 0.833. The summed E-state index contributed by atoms with van der Waals surface area (Å²) in [5.41, 5.74) is -1.42. The van der Waals surface area contributed by atoms with E-state index in [1.807, 2.05) is 6.92 Å². The highest BCUT2D eigenvalue weighted by Crippen LogP contribution is 2.44. The van der Waals surface area contributed by atoms with Crippen LogP contribution in [0.15, 0.2) is 0 Å². The fourth-order valence-corrected chi connectivity index (χ4v) is 1.93. The Hall–Kier alpha value is -1.21. The number of hydrogen-bond acceptors (Lipinski definition) is 2. The molecular weight excluding hydrogens is 281 g/mol. The van der Waals surface area contributed by atoms with Crippen LogP contribution in [-0.4, -0.2) is 21.2 Å². The molecule has 0 N–H and O–H groups in total. The Balaban J connectivity index is 2.92. The maximum absolute atomic E-state index is 13.3. The van der Waals surface area contributed by atoms with Crippen molar-refractivity contribution in [3.63, 3.8) is 0 Å². The van der Waals surface area contributed by atoms with Crippen molar-refractivity contribution < 1.29 is 22.0 Å². The second-order valence-corrected chi connectivity index (χ2v) is 4.59. The zero-order valence-corrected chi connectivity index (χ0v) is 11.5. The number of aryl methyl sites for hydroxylation is 1. The van der Waals surface area contributed by atoms with Gasteiger partial charge in [-0.15, -0.1) is 5.10 Å². The molecule has 0 amide bonds. The summed E-state index contributed by atoms with van der Waals surface area (Å²) in [6, 6.07) is 0. The Morgan fingerprint density at radius 2 is 1.65 bits per heavy atom. The van der Waals surface area contributed by atoms with Gasteiger partial charge in [0.2, 0.25) is 0 Å². The lowest BCUT2D eigenvalue weighted by Crippen LogP contribution is -2.35. The van der Waals surface area contributed by atoms with Crippen LogP contribution in [0.2, 0.25) is 0 Å². The summed E-state index contributed by atoms with van der Waals surface area (Å²) in [7, 11) is 0. The summed E-state index contributed by atoms with van der Waals surface area (Å²) in [6.07, 6.45) is -2.06. The third-order valence-electron chi connectivity index (χ3n) is 3.05. The number of rotatable bonds is 7. The van der Waals surface area contributed by atoms with E-state index in [-0.39, 0.29) is 12.1 Å². The van der Waals surface area contributed by atoms with Crippen molar-refractivity contribution >= 4 is 0 Å². The third-order valence-corrected chi connectivity index (χ3v) is 3.05. The van der Waals surface area contributed by atoms with Gasteiger partial charge in [0.1, 0.15) is 0 Å². The number of alkyl halides is 5. The Kier molecular flexibility index (Phi) is 5.47. The van der Waals surface area contributed by atoms with Crippen molar-refractivity contribution in [3.05, 3.63) is 11.4 Å². The van der Waals surface area contributed by atoms with Gasteiger partial charge in [-0.05, 0) is 12.8 Å². The summed E-state index contributed by atoms with van der Waals surface area (Å²) < 4.78 is 64.9. The molecule has 116 valence electrons. The second kappa shape index (κ2) is 6.49. The van der Waals surface area contributed by atoms with E-state index < -0.39 is 17.8 Å². The molecule has 0 aromatic carbocycles.